The summed E-state index contributed by atoms with van der Waals surface area (Å²) < 4.78 is 24.4. The maximum absolute atomic E-state index is 12.2. The lowest BCUT2D eigenvalue weighted by Crippen LogP contribution is -2.59. The number of hydrogen-bond acceptors (Lipinski definition) is 5. The van der Waals surface area contributed by atoms with Crippen molar-refractivity contribution < 1.29 is 13.2 Å². The number of hydrogen-bond donors (Lipinski definition) is 0. The Labute approximate surface area is 159 Å². The minimum atomic E-state index is -3.11. The number of fused-ring (bicyclic) bond motifs is 1. The van der Waals surface area contributed by atoms with Crippen LogP contribution in [0.25, 0.3) is 11.3 Å². The van der Waals surface area contributed by atoms with E-state index in [2.05, 4.69) is 22.0 Å². The first-order chi connectivity index (χ1) is 12.9. The molecular formula is C20H23N3O3S. The Morgan fingerprint density at radius 2 is 1.81 bits per heavy atom. The second kappa shape index (κ2) is 7.05. The van der Waals surface area contributed by atoms with Gasteiger partial charge < -0.3 is 4.90 Å². The van der Waals surface area contributed by atoms with Crippen LogP contribution in [-0.4, -0.2) is 65.8 Å². The van der Waals surface area contributed by atoms with E-state index in [1.54, 1.807) is 11.1 Å². The summed E-state index contributed by atoms with van der Waals surface area (Å²) in [6.45, 7) is 3.48. The Hall–Kier alpha value is -2.25. The summed E-state index contributed by atoms with van der Waals surface area (Å²) in [7, 11) is -3.11. The molecule has 2 saturated heterocycles. The Bertz CT molecular complexity index is 929. The fourth-order valence-corrected chi connectivity index (χ4v) is 6.17. The zero-order chi connectivity index (χ0) is 19.0. The smallest absolute Gasteiger partial charge is 0.219 e. The molecule has 2 fully saturated rings. The zero-order valence-electron chi connectivity index (χ0n) is 15.3. The summed E-state index contributed by atoms with van der Waals surface area (Å²) in [5.41, 5.74) is 3.12. The molecule has 0 saturated carbocycles. The monoisotopic (exact) mass is 385 g/mol. The van der Waals surface area contributed by atoms with Crippen LogP contribution in [-0.2, 0) is 21.2 Å². The molecule has 6 nitrogen and oxygen atoms in total. The predicted octanol–water partition coefficient (Wildman–Crippen LogP) is 1.58. The van der Waals surface area contributed by atoms with Gasteiger partial charge in [-0.15, -0.1) is 0 Å². The van der Waals surface area contributed by atoms with E-state index >= 15 is 0 Å². The summed E-state index contributed by atoms with van der Waals surface area (Å²) in [6, 6.07) is 13.7. The normalized spacial score (nSPS) is 24.6. The SMILES string of the molecule is CC(=O)N1CCN(Cc2ccc(-c3ccccn3)cc2)[C@H]2CS(=O)(=O)C[C@H]21. The van der Waals surface area contributed by atoms with Crippen LogP contribution in [0.2, 0.25) is 0 Å². The van der Waals surface area contributed by atoms with Gasteiger partial charge in [0.25, 0.3) is 0 Å². The number of amides is 1. The number of nitrogens with zero attached hydrogens (tertiary/aromatic N) is 3. The molecule has 0 spiro atoms. The largest absolute Gasteiger partial charge is 0.336 e. The van der Waals surface area contributed by atoms with E-state index in [1.165, 1.54) is 6.92 Å². The topological polar surface area (TPSA) is 70.6 Å². The molecule has 2 atom stereocenters. The third-order valence-corrected chi connectivity index (χ3v) is 7.19. The van der Waals surface area contributed by atoms with Crippen molar-refractivity contribution in [3.63, 3.8) is 0 Å². The summed E-state index contributed by atoms with van der Waals surface area (Å²) in [4.78, 5) is 20.2. The number of piperazine rings is 1. The van der Waals surface area contributed by atoms with Crippen LogP contribution in [0.1, 0.15) is 12.5 Å². The maximum atomic E-state index is 12.2. The first kappa shape index (κ1) is 18.1. The molecule has 2 aromatic rings. The van der Waals surface area contributed by atoms with Gasteiger partial charge in [0.1, 0.15) is 0 Å². The summed E-state index contributed by atoms with van der Waals surface area (Å²) in [5, 5.41) is 0. The maximum Gasteiger partial charge on any atom is 0.219 e. The van der Waals surface area contributed by atoms with Gasteiger partial charge in [0.2, 0.25) is 5.91 Å². The van der Waals surface area contributed by atoms with Crippen LogP contribution in [0.15, 0.2) is 48.7 Å². The van der Waals surface area contributed by atoms with Crippen molar-refractivity contribution in [3.05, 3.63) is 54.2 Å². The zero-order valence-corrected chi connectivity index (χ0v) is 16.1. The van der Waals surface area contributed by atoms with E-state index in [1.807, 2.05) is 30.3 Å². The van der Waals surface area contributed by atoms with Crippen LogP contribution in [0.3, 0.4) is 0 Å². The molecule has 2 aliphatic rings. The molecule has 1 amide bonds. The molecule has 3 heterocycles. The van der Waals surface area contributed by atoms with Gasteiger partial charge in [-0.3, -0.25) is 14.7 Å². The minimum Gasteiger partial charge on any atom is -0.336 e. The van der Waals surface area contributed by atoms with Gasteiger partial charge >= 0.3 is 0 Å². The molecule has 0 radical (unpaired) electrons. The van der Waals surface area contributed by atoms with Crippen molar-refractivity contribution in [2.24, 2.45) is 0 Å². The molecule has 4 rings (SSSR count). The minimum absolute atomic E-state index is 0.0403. The van der Waals surface area contributed by atoms with E-state index in [4.69, 9.17) is 0 Å². The molecule has 142 valence electrons. The summed E-state index contributed by atoms with van der Waals surface area (Å²) in [6.07, 6.45) is 1.78. The Kier molecular flexibility index (Phi) is 4.74. The standard InChI is InChI=1S/C20H23N3O3S/c1-15(24)23-11-10-22(19-13-27(25,26)14-20(19)23)12-16-5-7-17(8-6-16)18-4-2-3-9-21-18/h2-9,19-20H,10-14H2,1H3/t19-,20+/m0/s1. The number of carbonyl (C=O) groups excluding carboxylic acids is 1. The van der Waals surface area contributed by atoms with Gasteiger partial charge in [0.05, 0.1) is 23.2 Å². The Morgan fingerprint density at radius 1 is 1.07 bits per heavy atom. The molecule has 1 aromatic heterocycles. The highest BCUT2D eigenvalue weighted by molar-refractivity contribution is 7.91. The fraction of sp³-hybridized carbons (Fsp3) is 0.400. The molecule has 1 aromatic carbocycles. The first-order valence-corrected chi connectivity index (χ1v) is 11.0. The molecule has 0 bridgehead atoms. The van der Waals surface area contributed by atoms with Gasteiger partial charge in [-0.1, -0.05) is 30.3 Å². The van der Waals surface area contributed by atoms with Crippen molar-refractivity contribution >= 4 is 15.7 Å². The average Bonchev–Trinajstić information content (AvgIpc) is 2.98. The Morgan fingerprint density at radius 3 is 2.48 bits per heavy atom. The number of carbonyl (C=O) groups is 1. The van der Waals surface area contributed by atoms with Crippen molar-refractivity contribution in [3.8, 4) is 11.3 Å². The van der Waals surface area contributed by atoms with Crippen LogP contribution >= 0.6 is 0 Å². The third-order valence-electron chi connectivity index (χ3n) is 5.50. The number of benzene rings is 1. The molecule has 7 heteroatoms. The summed E-state index contributed by atoms with van der Waals surface area (Å²) >= 11 is 0. The van der Waals surface area contributed by atoms with E-state index in [0.29, 0.717) is 19.6 Å². The number of sulfone groups is 1. The van der Waals surface area contributed by atoms with Gasteiger partial charge in [0.15, 0.2) is 9.84 Å². The Balaban J connectivity index is 1.52. The van der Waals surface area contributed by atoms with Gasteiger partial charge in [0, 0.05) is 44.4 Å². The fourth-order valence-electron chi connectivity index (χ4n) is 4.16. The van der Waals surface area contributed by atoms with Crippen molar-refractivity contribution in [2.75, 3.05) is 24.6 Å². The molecule has 0 aliphatic carbocycles. The average molecular weight is 385 g/mol. The van der Waals surface area contributed by atoms with E-state index in [-0.39, 0.29) is 29.5 Å². The van der Waals surface area contributed by atoms with Gasteiger partial charge in [-0.05, 0) is 17.7 Å². The highest BCUT2D eigenvalue weighted by Gasteiger charge is 2.47. The summed E-state index contributed by atoms with van der Waals surface area (Å²) in [5.74, 6) is 0.168. The molecular weight excluding hydrogens is 362 g/mol. The van der Waals surface area contributed by atoms with Crippen LogP contribution in [0.4, 0.5) is 0 Å². The lowest BCUT2D eigenvalue weighted by Gasteiger charge is -2.43. The molecule has 0 unspecified atom stereocenters. The quantitative estimate of drug-likeness (QED) is 0.802. The lowest BCUT2D eigenvalue weighted by molar-refractivity contribution is -0.134. The highest BCUT2D eigenvalue weighted by Crippen LogP contribution is 2.28. The molecule has 2 aliphatic heterocycles. The van der Waals surface area contributed by atoms with Crippen molar-refractivity contribution in [2.45, 2.75) is 25.6 Å². The second-order valence-electron chi connectivity index (χ2n) is 7.31. The van der Waals surface area contributed by atoms with Crippen molar-refractivity contribution in [1.29, 1.82) is 0 Å². The van der Waals surface area contributed by atoms with Crippen LogP contribution < -0.4 is 0 Å². The third kappa shape index (κ3) is 3.75. The molecule has 27 heavy (non-hydrogen) atoms. The van der Waals surface area contributed by atoms with Gasteiger partial charge in [-0.2, -0.15) is 0 Å². The van der Waals surface area contributed by atoms with Gasteiger partial charge in [-0.25, -0.2) is 8.42 Å². The second-order valence-corrected chi connectivity index (χ2v) is 9.46. The van der Waals surface area contributed by atoms with E-state index < -0.39 is 9.84 Å². The molecule has 0 N–H and O–H groups in total. The number of pyridine rings is 1. The van der Waals surface area contributed by atoms with E-state index in [0.717, 1.165) is 16.8 Å². The van der Waals surface area contributed by atoms with E-state index in [9.17, 15) is 13.2 Å². The van der Waals surface area contributed by atoms with Crippen LogP contribution in [0, 0.1) is 0 Å². The predicted molar refractivity (Wildman–Crippen MR) is 104 cm³/mol. The lowest BCUT2D eigenvalue weighted by atomic mass is 10.0. The van der Waals surface area contributed by atoms with Crippen molar-refractivity contribution in [1.82, 2.24) is 14.8 Å². The first-order valence-electron chi connectivity index (χ1n) is 9.15. The number of aromatic nitrogens is 1. The van der Waals surface area contributed by atoms with Crippen LogP contribution in [0.5, 0.6) is 0 Å². The number of rotatable bonds is 3. The highest BCUT2D eigenvalue weighted by atomic mass is 32.2.